The molecule has 0 saturated carbocycles. The Labute approximate surface area is 108 Å². The molecule has 6 nitrogen and oxygen atoms in total. The summed E-state index contributed by atoms with van der Waals surface area (Å²) >= 11 is 5.75. The molecule has 0 saturated heterocycles. The molecule has 0 aliphatic carbocycles. The maximum atomic E-state index is 11.4. The lowest BCUT2D eigenvalue weighted by molar-refractivity contribution is -0.164. The molecule has 0 spiro atoms. The van der Waals surface area contributed by atoms with Gasteiger partial charge in [0.25, 0.3) is 5.72 Å². The zero-order valence-electron chi connectivity index (χ0n) is 9.45. The van der Waals surface area contributed by atoms with Crippen molar-refractivity contribution in [1.82, 2.24) is 14.8 Å². The lowest BCUT2D eigenvalue weighted by Crippen LogP contribution is -2.44. The highest BCUT2D eigenvalue weighted by Crippen LogP contribution is 2.23. The largest absolute Gasteiger partial charge is 0.477 e. The van der Waals surface area contributed by atoms with Crippen LogP contribution < -0.4 is 4.74 Å². The second kappa shape index (κ2) is 4.66. The maximum absolute atomic E-state index is 11.4. The van der Waals surface area contributed by atoms with Gasteiger partial charge in [0.2, 0.25) is 0 Å². The Kier molecular flexibility index (Phi) is 3.20. The van der Waals surface area contributed by atoms with Crippen molar-refractivity contribution in [2.75, 3.05) is 0 Å². The van der Waals surface area contributed by atoms with E-state index in [2.05, 4.69) is 10.1 Å². The van der Waals surface area contributed by atoms with E-state index in [1.165, 1.54) is 19.6 Å². The van der Waals surface area contributed by atoms with Gasteiger partial charge in [-0.3, -0.25) is 0 Å². The minimum atomic E-state index is -1.66. The van der Waals surface area contributed by atoms with Gasteiger partial charge in [-0.1, -0.05) is 11.6 Å². The fourth-order valence-corrected chi connectivity index (χ4v) is 1.48. The number of hydrogen-bond acceptors (Lipinski definition) is 4. The van der Waals surface area contributed by atoms with E-state index in [1.54, 1.807) is 24.3 Å². The number of carboxylic acids is 1. The summed E-state index contributed by atoms with van der Waals surface area (Å²) in [6, 6.07) is 6.39. The first-order valence-electron chi connectivity index (χ1n) is 5.05. The molecule has 1 unspecified atom stereocenters. The first-order valence-corrected chi connectivity index (χ1v) is 5.43. The van der Waals surface area contributed by atoms with Gasteiger partial charge in [0.15, 0.2) is 0 Å². The summed E-state index contributed by atoms with van der Waals surface area (Å²) < 4.78 is 6.59. The first kappa shape index (κ1) is 12.4. The average Bonchev–Trinajstić information content (AvgIpc) is 2.86. The molecule has 2 aromatic rings. The van der Waals surface area contributed by atoms with Crippen molar-refractivity contribution in [1.29, 1.82) is 0 Å². The first-order chi connectivity index (χ1) is 8.52. The lowest BCUT2D eigenvalue weighted by atomic mass is 10.2. The van der Waals surface area contributed by atoms with E-state index in [0.29, 0.717) is 10.8 Å². The second-order valence-corrected chi connectivity index (χ2v) is 4.12. The Morgan fingerprint density at radius 1 is 1.44 bits per heavy atom. The van der Waals surface area contributed by atoms with Crippen molar-refractivity contribution in [3.05, 3.63) is 41.9 Å². The summed E-state index contributed by atoms with van der Waals surface area (Å²) in [5, 5.41) is 13.6. The van der Waals surface area contributed by atoms with Gasteiger partial charge in [-0.2, -0.15) is 5.10 Å². The van der Waals surface area contributed by atoms with E-state index in [1.807, 2.05) is 0 Å². The zero-order chi connectivity index (χ0) is 13.2. The monoisotopic (exact) mass is 267 g/mol. The van der Waals surface area contributed by atoms with Crippen molar-refractivity contribution in [2.24, 2.45) is 0 Å². The third-order valence-corrected chi connectivity index (χ3v) is 2.63. The van der Waals surface area contributed by atoms with Gasteiger partial charge in [-0.05, 0) is 24.3 Å². The van der Waals surface area contributed by atoms with Crippen LogP contribution in [0.4, 0.5) is 0 Å². The number of aromatic nitrogens is 3. The fourth-order valence-electron chi connectivity index (χ4n) is 1.35. The van der Waals surface area contributed by atoms with E-state index in [0.717, 1.165) is 4.68 Å². The summed E-state index contributed by atoms with van der Waals surface area (Å²) in [6.45, 7) is 1.39. The van der Waals surface area contributed by atoms with Crippen molar-refractivity contribution in [2.45, 2.75) is 12.6 Å². The second-order valence-electron chi connectivity index (χ2n) is 3.68. The molecule has 2 rings (SSSR count). The topological polar surface area (TPSA) is 77.2 Å². The third-order valence-electron chi connectivity index (χ3n) is 2.38. The highest BCUT2D eigenvalue weighted by atomic mass is 35.5. The van der Waals surface area contributed by atoms with Crippen LogP contribution >= 0.6 is 11.6 Å². The number of aliphatic carboxylic acids is 1. The molecular weight excluding hydrogens is 258 g/mol. The smallest absolute Gasteiger partial charge is 0.371 e. The van der Waals surface area contributed by atoms with E-state index in [4.69, 9.17) is 16.3 Å². The molecule has 1 heterocycles. The normalized spacial score (nSPS) is 13.9. The predicted molar refractivity (Wildman–Crippen MR) is 63.4 cm³/mol. The number of benzene rings is 1. The fraction of sp³-hybridized carbons (Fsp3) is 0.182. The highest BCUT2D eigenvalue weighted by Gasteiger charge is 2.39. The molecule has 1 aromatic heterocycles. The van der Waals surface area contributed by atoms with Crippen molar-refractivity contribution >= 4 is 17.6 Å². The molecule has 0 amide bonds. The average molecular weight is 268 g/mol. The molecule has 0 bridgehead atoms. The van der Waals surface area contributed by atoms with Crippen LogP contribution in [0.25, 0.3) is 0 Å². The quantitative estimate of drug-likeness (QED) is 0.913. The van der Waals surface area contributed by atoms with E-state index < -0.39 is 11.7 Å². The molecule has 18 heavy (non-hydrogen) atoms. The molecule has 1 atom stereocenters. The Morgan fingerprint density at radius 2 is 2.11 bits per heavy atom. The molecule has 7 heteroatoms. The van der Waals surface area contributed by atoms with Gasteiger partial charge >= 0.3 is 5.97 Å². The summed E-state index contributed by atoms with van der Waals surface area (Å²) in [4.78, 5) is 15.1. The van der Waals surface area contributed by atoms with Crippen LogP contribution in [-0.2, 0) is 10.5 Å². The van der Waals surface area contributed by atoms with Crippen molar-refractivity contribution < 1.29 is 14.6 Å². The van der Waals surface area contributed by atoms with Crippen LogP contribution in [0.1, 0.15) is 6.92 Å². The van der Waals surface area contributed by atoms with Gasteiger partial charge in [0, 0.05) is 11.9 Å². The Hall–Kier alpha value is -2.08. The van der Waals surface area contributed by atoms with Crippen LogP contribution in [0.3, 0.4) is 0 Å². The predicted octanol–water partition coefficient (Wildman–Crippen LogP) is 1.77. The summed E-state index contributed by atoms with van der Waals surface area (Å²) in [7, 11) is 0. The molecule has 0 fully saturated rings. The van der Waals surface area contributed by atoms with Gasteiger partial charge in [0.1, 0.15) is 18.4 Å². The van der Waals surface area contributed by atoms with E-state index in [-0.39, 0.29) is 0 Å². The molecular formula is C11H10ClN3O3. The van der Waals surface area contributed by atoms with Crippen LogP contribution in [-0.4, -0.2) is 25.8 Å². The maximum Gasteiger partial charge on any atom is 0.371 e. The van der Waals surface area contributed by atoms with Crippen molar-refractivity contribution in [3.63, 3.8) is 0 Å². The number of ether oxygens (including phenoxy) is 1. The van der Waals surface area contributed by atoms with Crippen LogP contribution in [0.2, 0.25) is 5.02 Å². The minimum absolute atomic E-state index is 0.375. The van der Waals surface area contributed by atoms with Gasteiger partial charge < -0.3 is 9.84 Å². The molecule has 0 radical (unpaired) electrons. The SMILES string of the molecule is CC(Oc1ccc(Cl)cc1)(C(=O)O)n1cncn1. The number of hydrogen-bond donors (Lipinski definition) is 1. The van der Waals surface area contributed by atoms with Crippen LogP contribution in [0.5, 0.6) is 5.75 Å². The standard InChI is InChI=1S/C11H10ClN3O3/c1-11(10(16)17,15-7-13-6-14-15)18-9-4-2-8(12)3-5-9/h2-7H,1H3,(H,16,17). The van der Waals surface area contributed by atoms with E-state index in [9.17, 15) is 9.90 Å². The van der Waals surface area contributed by atoms with Crippen molar-refractivity contribution in [3.8, 4) is 5.75 Å². The van der Waals surface area contributed by atoms with Crippen LogP contribution in [0.15, 0.2) is 36.9 Å². The summed E-state index contributed by atoms with van der Waals surface area (Å²) in [5.41, 5.74) is -1.66. The Balaban J connectivity index is 2.32. The zero-order valence-corrected chi connectivity index (χ0v) is 10.2. The van der Waals surface area contributed by atoms with Gasteiger partial charge in [0.05, 0.1) is 0 Å². The molecule has 1 N–H and O–H groups in total. The number of carboxylic acid groups (broad SMARTS) is 1. The number of carbonyl (C=O) groups is 1. The highest BCUT2D eigenvalue weighted by molar-refractivity contribution is 6.30. The molecule has 0 aliphatic rings. The van der Waals surface area contributed by atoms with Gasteiger partial charge in [-0.25, -0.2) is 14.5 Å². The molecule has 1 aromatic carbocycles. The number of nitrogens with zero attached hydrogens (tertiary/aromatic N) is 3. The summed E-state index contributed by atoms with van der Waals surface area (Å²) in [6.07, 6.45) is 2.52. The third kappa shape index (κ3) is 2.28. The number of rotatable bonds is 4. The Morgan fingerprint density at radius 3 is 2.61 bits per heavy atom. The number of halogens is 1. The minimum Gasteiger partial charge on any atom is -0.477 e. The van der Waals surface area contributed by atoms with Gasteiger partial charge in [-0.15, -0.1) is 0 Å². The molecule has 0 aliphatic heterocycles. The van der Waals surface area contributed by atoms with Crippen LogP contribution in [0, 0.1) is 0 Å². The Bertz CT molecular complexity index is 541. The lowest BCUT2D eigenvalue weighted by Gasteiger charge is -2.25. The summed E-state index contributed by atoms with van der Waals surface area (Å²) in [5.74, 6) is -0.803. The van der Waals surface area contributed by atoms with E-state index >= 15 is 0 Å². The molecule has 94 valence electrons.